The molecule has 2 rings (SSSR count). The van der Waals surface area contributed by atoms with Crippen LogP contribution >= 0.6 is 27.7 Å². The van der Waals surface area contributed by atoms with E-state index in [4.69, 9.17) is 0 Å². The Morgan fingerprint density at radius 3 is 2.40 bits per heavy atom. The second-order valence-corrected chi connectivity index (χ2v) is 6.65. The molecule has 3 nitrogen and oxygen atoms in total. The normalized spacial score (nSPS) is 12.4. The van der Waals surface area contributed by atoms with E-state index in [0.29, 0.717) is 0 Å². The topological polar surface area (TPSA) is 37.8 Å². The van der Waals surface area contributed by atoms with Crippen LogP contribution in [0.5, 0.6) is 0 Å². The third-order valence-corrected chi connectivity index (χ3v) is 4.48. The van der Waals surface area contributed by atoms with E-state index in [1.807, 2.05) is 27.0 Å². The quantitative estimate of drug-likeness (QED) is 0.833. The number of hydrogen-bond donors (Lipinski definition) is 1. The molecule has 106 valence electrons. The highest BCUT2D eigenvalue weighted by atomic mass is 79.9. The van der Waals surface area contributed by atoms with Gasteiger partial charge < -0.3 is 5.32 Å². The van der Waals surface area contributed by atoms with Gasteiger partial charge in [0.2, 0.25) is 0 Å². The Kier molecular flexibility index (Phi) is 5.18. The predicted molar refractivity (Wildman–Crippen MR) is 87.2 cm³/mol. The van der Waals surface area contributed by atoms with Crippen molar-refractivity contribution in [2.24, 2.45) is 0 Å². The Morgan fingerprint density at radius 1 is 1.15 bits per heavy atom. The molecule has 2 aromatic rings. The van der Waals surface area contributed by atoms with E-state index >= 15 is 0 Å². The number of aryl methyl sites for hydroxylation is 2. The smallest absolute Gasteiger partial charge is 0.192 e. The maximum absolute atomic E-state index is 4.50. The fourth-order valence-corrected chi connectivity index (χ4v) is 3.39. The van der Waals surface area contributed by atoms with Gasteiger partial charge in [-0.3, -0.25) is 0 Å². The highest BCUT2D eigenvalue weighted by Gasteiger charge is 2.12. The van der Waals surface area contributed by atoms with Crippen molar-refractivity contribution in [3.8, 4) is 0 Å². The summed E-state index contributed by atoms with van der Waals surface area (Å²) in [5.74, 6) is 0. The monoisotopic (exact) mass is 351 g/mol. The lowest BCUT2D eigenvalue weighted by Gasteiger charge is -2.15. The second kappa shape index (κ2) is 6.70. The molecule has 0 fully saturated rings. The van der Waals surface area contributed by atoms with Crippen molar-refractivity contribution in [2.45, 2.75) is 36.9 Å². The molecular formula is C15H18BrN3S. The summed E-state index contributed by atoms with van der Waals surface area (Å²) in [5, 5.41) is 4.08. The van der Waals surface area contributed by atoms with Crippen LogP contribution in [0.25, 0.3) is 0 Å². The molecule has 1 atom stereocenters. The van der Waals surface area contributed by atoms with Crippen LogP contribution < -0.4 is 5.32 Å². The number of rotatable bonds is 4. The van der Waals surface area contributed by atoms with Gasteiger partial charge in [-0.25, -0.2) is 9.97 Å². The fraction of sp³-hybridized carbons (Fsp3) is 0.333. The van der Waals surface area contributed by atoms with Gasteiger partial charge in [0, 0.05) is 26.8 Å². The van der Waals surface area contributed by atoms with Crippen LogP contribution in [-0.4, -0.2) is 17.0 Å². The summed E-state index contributed by atoms with van der Waals surface area (Å²) in [6.07, 6.45) is 0. The molecular weight excluding hydrogens is 334 g/mol. The highest BCUT2D eigenvalue weighted by molar-refractivity contribution is 9.10. The van der Waals surface area contributed by atoms with Crippen molar-refractivity contribution in [3.05, 3.63) is 45.7 Å². The van der Waals surface area contributed by atoms with Gasteiger partial charge in [-0.1, -0.05) is 15.9 Å². The fourth-order valence-electron chi connectivity index (χ4n) is 1.94. The van der Waals surface area contributed by atoms with Gasteiger partial charge in [-0.15, -0.1) is 0 Å². The third kappa shape index (κ3) is 3.81. The summed E-state index contributed by atoms with van der Waals surface area (Å²) in [7, 11) is 1.97. The van der Waals surface area contributed by atoms with Crippen LogP contribution in [0.4, 0.5) is 0 Å². The summed E-state index contributed by atoms with van der Waals surface area (Å²) in [6, 6.07) is 8.57. The number of nitrogens with zero attached hydrogens (tertiary/aromatic N) is 2. The molecule has 5 heteroatoms. The van der Waals surface area contributed by atoms with Gasteiger partial charge in [0.1, 0.15) is 0 Å². The first kappa shape index (κ1) is 15.5. The van der Waals surface area contributed by atoms with Gasteiger partial charge >= 0.3 is 0 Å². The molecule has 0 aliphatic carbocycles. The molecule has 0 saturated carbocycles. The molecule has 0 saturated heterocycles. The van der Waals surface area contributed by atoms with Crippen LogP contribution in [0.1, 0.15) is 29.9 Å². The van der Waals surface area contributed by atoms with Crippen molar-refractivity contribution >= 4 is 27.7 Å². The Morgan fingerprint density at radius 2 is 1.80 bits per heavy atom. The standard InChI is InChI=1S/C15H18BrN3S/c1-9-7-10(2)19-15(18-9)20-14-6-5-12(16)8-13(14)11(3)17-4/h5-8,11,17H,1-4H3. The van der Waals surface area contributed by atoms with E-state index in [0.717, 1.165) is 21.0 Å². The Labute approximate surface area is 132 Å². The van der Waals surface area contributed by atoms with Gasteiger partial charge in [0.05, 0.1) is 0 Å². The Hall–Kier alpha value is -0.910. The second-order valence-electron chi connectivity index (χ2n) is 4.73. The minimum absolute atomic E-state index is 0.279. The largest absolute Gasteiger partial charge is 0.313 e. The predicted octanol–water partition coefficient (Wildman–Crippen LogP) is 4.29. The summed E-state index contributed by atoms with van der Waals surface area (Å²) < 4.78 is 1.08. The minimum atomic E-state index is 0.279. The molecule has 1 unspecified atom stereocenters. The summed E-state index contributed by atoms with van der Waals surface area (Å²) in [5.41, 5.74) is 3.25. The molecule has 1 N–H and O–H groups in total. The molecule has 0 radical (unpaired) electrons. The minimum Gasteiger partial charge on any atom is -0.313 e. The van der Waals surface area contributed by atoms with Crippen molar-refractivity contribution in [1.29, 1.82) is 0 Å². The van der Waals surface area contributed by atoms with Gasteiger partial charge in [0.25, 0.3) is 0 Å². The Balaban J connectivity index is 2.37. The van der Waals surface area contributed by atoms with E-state index in [1.54, 1.807) is 11.8 Å². The molecule has 20 heavy (non-hydrogen) atoms. The van der Waals surface area contributed by atoms with Gasteiger partial charge in [0.15, 0.2) is 5.16 Å². The van der Waals surface area contributed by atoms with Crippen molar-refractivity contribution < 1.29 is 0 Å². The van der Waals surface area contributed by atoms with Crippen LogP contribution in [0.2, 0.25) is 0 Å². The average Bonchev–Trinajstić information content (AvgIpc) is 2.38. The molecule has 0 spiro atoms. The first-order chi connectivity index (χ1) is 9.49. The van der Waals surface area contributed by atoms with E-state index < -0.39 is 0 Å². The molecule has 0 aliphatic heterocycles. The van der Waals surface area contributed by atoms with Gasteiger partial charge in [-0.2, -0.15) is 0 Å². The lowest BCUT2D eigenvalue weighted by molar-refractivity contribution is 0.640. The van der Waals surface area contributed by atoms with Crippen LogP contribution in [0, 0.1) is 13.8 Å². The SMILES string of the molecule is CNC(C)c1cc(Br)ccc1Sc1nc(C)cc(C)n1. The number of hydrogen-bond acceptors (Lipinski definition) is 4. The maximum atomic E-state index is 4.50. The first-order valence-electron chi connectivity index (χ1n) is 6.46. The van der Waals surface area contributed by atoms with E-state index in [-0.39, 0.29) is 6.04 Å². The number of halogens is 1. The summed E-state index contributed by atoms with van der Waals surface area (Å²) >= 11 is 5.15. The number of nitrogens with one attached hydrogen (secondary N) is 1. The highest BCUT2D eigenvalue weighted by Crippen LogP contribution is 2.33. The van der Waals surface area contributed by atoms with Gasteiger partial charge in [-0.05, 0) is 69.4 Å². The number of aromatic nitrogens is 2. The molecule has 0 bridgehead atoms. The van der Waals surface area contributed by atoms with E-state index in [9.17, 15) is 0 Å². The molecule has 0 amide bonds. The molecule has 1 aromatic heterocycles. The zero-order chi connectivity index (χ0) is 14.7. The summed E-state index contributed by atoms with van der Waals surface area (Å²) in [6.45, 7) is 6.14. The van der Waals surface area contributed by atoms with Crippen molar-refractivity contribution in [2.75, 3.05) is 7.05 Å². The zero-order valence-electron chi connectivity index (χ0n) is 12.1. The average molecular weight is 352 g/mol. The maximum Gasteiger partial charge on any atom is 0.192 e. The first-order valence-corrected chi connectivity index (χ1v) is 8.07. The van der Waals surface area contributed by atoms with Crippen LogP contribution in [0.3, 0.4) is 0 Å². The molecule has 1 aromatic carbocycles. The Bertz CT molecular complexity index is 596. The lowest BCUT2D eigenvalue weighted by atomic mass is 10.1. The summed E-state index contributed by atoms with van der Waals surface area (Å²) in [4.78, 5) is 10.2. The van der Waals surface area contributed by atoms with Crippen LogP contribution in [0.15, 0.2) is 38.8 Å². The lowest BCUT2D eigenvalue weighted by Crippen LogP contribution is -2.13. The molecule has 0 aliphatic rings. The van der Waals surface area contributed by atoms with E-state index in [2.05, 4.69) is 56.3 Å². The number of benzene rings is 1. The zero-order valence-corrected chi connectivity index (χ0v) is 14.5. The van der Waals surface area contributed by atoms with Crippen LogP contribution in [-0.2, 0) is 0 Å². The van der Waals surface area contributed by atoms with Crippen molar-refractivity contribution in [1.82, 2.24) is 15.3 Å². The third-order valence-electron chi connectivity index (χ3n) is 3.03. The molecule has 1 heterocycles. The van der Waals surface area contributed by atoms with E-state index in [1.165, 1.54) is 10.5 Å². The van der Waals surface area contributed by atoms with Crippen molar-refractivity contribution in [3.63, 3.8) is 0 Å².